The lowest BCUT2D eigenvalue weighted by Gasteiger charge is -2.00. The molecule has 0 bridgehead atoms. The largest absolute Gasteiger partial charge is 0.422 e. The summed E-state index contributed by atoms with van der Waals surface area (Å²) in [6.07, 6.45) is 0. The van der Waals surface area contributed by atoms with Crippen LogP contribution in [0.4, 0.5) is 0 Å². The standard InChI is InChI=1S/C13H8O2/c14-12-8-7-10-6-5-9-3-1-2-4-11(9)13(10)15-12/h1-8H. The van der Waals surface area contributed by atoms with Crippen LogP contribution in [-0.4, -0.2) is 0 Å². The zero-order valence-electron chi connectivity index (χ0n) is 7.94. The summed E-state index contributed by atoms with van der Waals surface area (Å²) in [4.78, 5) is 11.2. The zero-order chi connectivity index (χ0) is 10.3. The van der Waals surface area contributed by atoms with Crippen LogP contribution in [0.2, 0.25) is 0 Å². The van der Waals surface area contributed by atoms with Crippen molar-refractivity contribution in [2.45, 2.75) is 0 Å². The van der Waals surface area contributed by atoms with E-state index in [1.165, 1.54) is 6.07 Å². The van der Waals surface area contributed by atoms with Gasteiger partial charge in [0.15, 0.2) is 0 Å². The molecule has 0 atom stereocenters. The van der Waals surface area contributed by atoms with Crippen LogP contribution >= 0.6 is 0 Å². The fourth-order valence-corrected chi connectivity index (χ4v) is 1.80. The number of hydrogen-bond donors (Lipinski definition) is 0. The van der Waals surface area contributed by atoms with E-state index in [2.05, 4.69) is 0 Å². The van der Waals surface area contributed by atoms with Crippen LogP contribution in [0.1, 0.15) is 0 Å². The Kier molecular flexibility index (Phi) is 1.62. The molecular weight excluding hydrogens is 188 g/mol. The molecule has 0 saturated carbocycles. The Morgan fingerprint density at radius 3 is 2.47 bits per heavy atom. The molecule has 0 radical (unpaired) electrons. The summed E-state index contributed by atoms with van der Waals surface area (Å²) in [5.74, 6) is 0. The van der Waals surface area contributed by atoms with Gasteiger partial charge < -0.3 is 4.42 Å². The van der Waals surface area contributed by atoms with Crippen molar-refractivity contribution in [3.8, 4) is 0 Å². The molecule has 0 amide bonds. The third kappa shape index (κ3) is 1.22. The fraction of sp³-hybridized carbons (Fsp3) is 0. The average Bonchev–Trinajstić information content (AvgIpc) is 2.29. The third-order valence-electron chi connectivity index (χ3n) is 2.51. The second kappa shape index (κ2) is 2.95. The molecule has 3 aromatic rings. The van der Waals surface area contributed by atoms with Crippen LogP contribution in [0, 0.1) is 0 Å². The van der Waals surface area contributed by atoms with E-state index in [0.717, 1.165) is 16.2 Å². The van der Waals surface area contributed by atoms with Crippen LogP contribution < -0.4 is 5.63 Å². The first kappa shape index (κ1) is 8.24. The van der Waals surface area contributed by atoms with Gasteiger partial charge in [0.25, 0.3) is 0 Å². The molecule has 1 heterocycles. The van der Waals surface area contributed by atoms with Crippen molar-refractivity contribution in [3.63, 3.8) is 0 Å². The van der Waals surface area contributed by atoms with Crippen LogP contribution in [-0.2, 0) is 0 Å². The number of fused-ring (bicyclic) bond motifs is 3. The summed E-state index contributed by atoms with van der Waals surface area (Å²) in [5, 5.41) is 3.01. The van der Waals surface area contributed by atoms with Gasteiger partial charge in [-0.1, -0.05) is 36.4 Å². The quantitative estimate of drug-likeness (QED) is 0.408. The first-order valence-electron chi connectivity index (χ1n) is 4.76. The predicted octanol–water partition coefficient (Wildman–Crippen LogP) is 2.95. The molecular formula is C13H8O2. The SMILES string of the molecule is O=c1ccc2ccc3ccccc3c2o1. The summed E-state index contributed by atoms with van der Waals surface area (Å²) in [5.41, 5.74) is 0.361. The van der Waals surface area contributed by atoms with E-state index in [4.69, 9.17) is 4.42 Å². The van der Waals surface area contributed by atoms with Gasteiger partial charge in [-0.25, -0.2) is 4.79 Å². The van der Waals surface area contributed by atoms with Gasteiger partial charge in [-0.05, 0) is 11.5 Å². The van der Waals surface area contributed by atoms with Crippen LogP contribution in [0.25, 0.3) is 21.7 Å². The number of benzene rings is 2. The van der Waals surface area contributed by atoms with Crippen LogP contribution in [0.15, 0.2) is 57.7 Å². The van der Waals surface area contributed by atoms with Crippen molar-refractivity contribution in [3.05, 3.63) is 59.0 Å². The van der Waals surface area contributed by atoms with Crippen LogP contribution in [0.3, 0.4) is 0 Å². The van der Waals surface area contributed by atoms with Crippen molar-refractivity contribution in [1.29, 1.82) is 0 Å². The second-order valence-corrected chi connectivity index (χ2v) is 3.46. The van der Waals surface area contributed by atoms with Gasteiger partial charge in [0.2, 0.25) is 0 Å². The summed E-state index contributed by atoms with van der Waals surface area (Å²) >= 11 is 0. The van der Waals surface area contributed by atoms with E-state index in [1.54, 1.807) is 6.07 Å². The Balaban J connectivity index is 2.63. The maximum absolute atomic E-state index is 11.2. The van der Waals surface area contributed by atoms with Crippen molar-refractivity contribution in [2.24, 2.45) is 0 Å². The monoisotopic (exact) mass is 196 g/mol. The van der Waals surface area contributed by atoms with Gasteiger partial charge in [-0.2, -0.15) is 0 Å². The molecule has 72 valence electrons. The van der Waals surface area contributed by atoms with E-state index in [9.17, 15) is 4.79 Å². The summed E-state index contributed by atoms with van der Waals surface area (Å²) in [7, 11) is 0. The van der Waals surface area contributed by atoms with Crippen molar-refractivity contribution in [2.75, 3.05) is 0 Å². The molecule has 1 aromatic heterocycles. The van der Waals surface area contributed by atoms with Crippen molar-refractivity contribution >= 4 is 21.7 Å². The first-order valence-corrected chi connectivity index (χ1v) is 4.76. The molecule has 0 aliphatic rings. The van der Waals surface area contributed by atoms with Gasteiger partial charge >= 0.3 is 5.63 Å². The third-order valence-corrected chi connectivity index (χ3v) is 2.51. The summed E-state index contributed by atoms with van der Waals surface area (Å²) in [6, 6.07) is 15.1. The lowest BCUT2D eigenvalue weighted by atomic mass is 10.1. The fourth-order valence-electron chi connectivity index (χ4n) is 1.80. The van der Waals surface area contributed by atoms with Crippen molar-refractivity contribution in [1.82, 2.24) is 0 Å². The highest BCUT2D eigenvalue weighted by Crippen LogP contribution is 2.23. The van der Waals surface area contributed by atoms with Crippen LogP contribution in [0.5, 0.6) is 0 Å². The van der Waals surface area contributed by atoms with Gasteiger partial charge in [-0.15, -0.1) is 0 Å². The van der Waals surface area contributed by atoms with Gasteiger partial charge in [-0.3, -0.25) is 0 Å². The summed E-state index contributed by atoms with van der Waals surface area (Å²) in [6.45, 7) is 0. The Labute approximate surface area is 85.8 Å². The van der Waals surface area contributed by atoms with E-state index < -0.39 is 0 Å². The minimum Gasteiger partial charge on any atom is -0.422 e. The maximum Gasteiger partial charge on any atom is 0.336 e. The Hall–Kier alpha value is -2.09. The lowest BCUT2D eigenvalue weighted by molar-refractivity contribution is 0.564. The average molecular weight is 196 g/mol. The maximum atomic E-state index is 11.2. The molecule has 2 nitrogen and oxygen atoms in total. The summed E-state index contributed by atoms with van der Waals surface area (Å²) < 4.78 is 5.22. The number of hydrogen-bond acceptors (Lipinski definition) is 2. The highest BCUT2D eigenvalue weighted by molar-refractivity contribution is 6.03. The highest BCUT2D eigenvalue weighted by atomic mass is 16.4. The lowest BCUT2D eigenvalue weighted by Crippen LogP contribution is -1.94. The first-order chi connectivity index (χ1) is 7.34. The smallest absolute Gasteiger partial charge is 0.336 e. The molecule has 3 rings (SSSR count). The molecule has 2 aromatic carbocycles. The Morgan fingerprint density at radius 2 is 1.53 bits per heavy atom. The minimum absolute atomic E-state index is 0.307. The topological polar surface area (TPSA) is 30.2 Å². The van der Waals surface area contributed by atoms with Crippen molar-refractivity contribution < 1.29 is 4.42 Å². The molecule has 0 unspecified atom stereocenters. The number of rotatable bonds is 0. The molecule has 2 heteroatoms. The molecule has 0 N–H and O–H groups in total. The molecule has 0 saturated heterocycles. The van der Waals surface area contributed by atoms with Gasteiger partial charge in [0.1, 0.15) is 5.58 Å². The van der Waals surface area contributed by atoms with E-state index in [-0.39, 0.29) is 5.63 Å². The predicted molar refractivity (Wildman–Crippen MR) is 60.0 cm³/mol. The normalized spacial score (nSPS) is 10.9. The Bertz CT molecular complexity index is 695. The van der Waals surface area contributed by atoms with Gasteiger partial charge in [0, 0.05) is 16.8 Å². The van der Waals surface area contributed by atoms with Gasteiger partial charge in [0.05, 0.1) is 0 Å². The van der Waals surface area contributed by atoms with E-state index >= 15 is 0 Å². The minimum atomic E-state index is -0.307. The molecule has 0 aliphatic heterocycles. The molecule has 0 fully saturated rings. The molecule has 15 heavy (non-hydrogen) atoms. The molecule has 0 aliphatic carbocycles. The van der Waals surface area contributed by atoms with E-state index in [0.29, 0.717) is 5.58 Å². The van der Waals surface area contributed by atoms with E-state index in [1.807, 2.05) is 36.4 Å². The second-order valence-electron chi connectivity index (χ2n) is 3.46. The zero-order valence-corrected chi connectivity index (χ0v) is 7.94. The molecule has 0 spiro atoms. The Morgan fingerprint density at radius 1 is 0.800 bits per heavy atom. The highest BCUT2D eigenvalue weighted by Gasteiger charge is 2.01.